The number of nitrogens with zero attached hydrogens (tertiary/aromatic N) is 2. The van der Waals surface area contributed by atoms with Gasteiger partial charge in [-0.1, -0.05) is 6.07 Å². The van der Waals surface area contributed by atoms with Gasteiger partial charge < -0.3 is 14.6 Å². The van der Waals surface area contributed by atoms with Crippen LogP contribution < -0.4 is 10.1 Å². The van der Waals surface area contributed by atoms with Crippen LogP contribution in [-0.2, 0) is 0 Å². The Kier molecular flexibility index (Phi) is 3.82. The number of ether oxygens (including phenoxy) is 1. The first-order valence-electron chi connectivity index (χ1n) is 7.92. The maximum Gasteiger partial charge on any atom is 0.221 e. The van der Waals surface area contributed by atoms with Crippen molar-refractivity contribution in [2.24, 2.45) is 0 Å². The molecule has 2 aromatic heterocycles. The van der Waals surface area contributed by atoms with Gasteiger partial charge >= 0.3 is 0 Å². The molecule has 0 spiro atoms. The highest BCUT2D eigenvalue weighted by Gasteiger charge is 2.09. The van der Waals surface area contributed by atoms with Gasteiger partial charge in [0.2, 0.25) is 5.88 Å². The third-order valence-corrected chi connectivity index (χ3v) is 4.04. The Hall–Kier alpha value is -3.34. The number of aromatic nitrogens is 2. The van der Waals surface area contributed by atoms with Crippen LogP contribution >= 0.6 is 0 Å². The summed E-state index contributed by atoms with van der Waals surface area (Å²) in [6, 6.07) is 17.9. The smallest absolute Gasteiger partial charge is 0.221 e. The molecule has 0 fully saturated rings. The minimum Gasteiger partial charge on any atom is -0.438 e. The third kappa shape index (κ3) is 2.92. The van der Waals surface area contributed by atoms with E-state index in [9.17, 15) is 4.39 Å². The van der Waals surface area contributed by atoms with Crippen molar-refractivity contribution in [2.75, 3.05) is 12.4 Å². The first kappa shape index (κ1) is 15.2. The van der Waals surface area contributed by atoms with Crippen molar-refractivity contribution >= 4 is 16.6 Å². The second kappa shape index (κ2) is 6.28. The molecule has 4 aromatic rings. The summed E-state index contributed by atoms with van der Waals surface area (Å²) < 4.78 is 21.1. The predicted molar refractivity (Wildman–Crippen MR) is 97.1 cm³/mol. The molecule has 0 radical (unpaired) electrons. The molecule has 1 N–H and O–H groups in total. The van der Waals surface area contributed by atoms with Gasteiger partial charge in [-0.25, -0.2) is 9.37 Å². The average molecular weight is 333 g/mol. The second-order valence-corrected chi connectivity index (χ2v) is 5.59. The van der Waals surface area contributed by atoms with Crippen molar-refractivity contribution in [1.29, 1.82) is 0 Å². The highest BCUT2D eigenvalue weighted by Crippen LogP contribution is 2.32. The highest BCUT2D eigenvalue weighted by atomic mass is 19.1. The van der Waals surface area contributed by atoms with Gasteiger partial charge in [-0.15, -0.1) is 0 Å². The monoisotopic (exact) mass is 333 g/mol. The standard InChI is InChI=1S/C20H16FN3O/c1-22-15-9-11-23-20(13-15)25-19-4-2-3-18-17(19)10-12-24(18)16-7-5-14(21)6-8-16/h2-13H,1H3,(H,22,23). The lowest BCUT2D eigenvalue weighted by molar-refractivity contribution is 0.468. The normalized spacial score (nSPS) is 10.8. The number of pyridine rings is 1. The zero-order valence-corrected chi connectivity index (χ0v) is 13.6. The van der Waals surface area contributed by atoms with Crippen LogP contribution in [0.2, 0.25) is 0 Å². The summed E-state index contributed by atoms with van der Waals surface area (Å²) in [5.74, 6) is 0.993. The Morgan fingerprint density at radius 1 is 1.04 bits per heavy atom. The van der Waals surface area contributed by atoms with Gasteiger partial charge in [0, 0.05) is 42.3 Å². The van der Waals surface area contributed by atoms with Crippen molar-refractivity contribution in [3.63, 3.8) is 0 Å². The van der Waals surface area contributed by atoms with Crippen molar-refractivity contribution in [3.05, 3.63) is 78.9 Å². The van der Waals surface area contributed by atoms with Gasteiger partial charge in [0.25, 0.3) is 0 Å². The van der Waals surface area contributed by atoms with Crippen LogP contribution in [0.15, 0.2) is 73.1 Å². The fourth-order valence-corrected chi connectivity index (χ4v) is 2.79. The number of anilines is 1. The summed E-state index contributed by atoms with van der Waals surface area (Å²) >= 11 is 0. The van der Waals surface area contributed by atoms with Crippen LogP contribution in [0.1, 0.15) is 0 Å². The molecule has 0 aliphatic rings. The van der Waals surface area contributed by atoms with Gasteiger partial charge in [0.1, 0.15) is 11.6 Å². The quantitative estimate of drug-likeness (QED) is 0.571. The second-order valence-electron chi connectivity index (χ2n) is 5.59. The first-order chi connectivity index (χ1) is 12.2. The molecule has 0 aliphatic carbocycles. The van der Waals surface area contributed by atoms with E-state index >= 15 is 0 Å². The number of benzene rings is 2. The molecule has 25 heavy (non-hydrogen) atoms. The maximum atomic E-state index is 13.2. The van der Waals surface area contributed by atoms with Gasteiger partial charge in [-0.05, 0) is 48.5 Å². The number of fused-ring (bicyclic) bond motifs is 1. The molecule has 124 valence electrons. The molecule has 4 rings (SSSR count). The average Bonchev–Trinajstić information content (AvgIpc) is 3.08. The van der Waals surface area contributed by atoms with Crippen molar-refractivity contribution in [2.45, 2.75) is 0 Å². The van der Waals surface area contributed by atoms with Crippen molar-refractivity contribution in [1.82, 2.24) is 9.55 Å². The largest absolute Gasteiger partial charge is 0.438 e. The molecule has 0 saturated carbocycles. The summed E-state index contributed by atoms with van der Waals surface area (Å²) in [5.41, 5.74) is 2.80. The Morgan fingerprint density at radius 3 is 2.68 bits per heavy atom. The topological polar surface area (TPSA) is 39.1 Å². The molecule has 0 amide bonds. The first-order valence-corrected chi connectivity index (χ1v) is 7.92. The zero-order valence-electron chi connectivity index (χ0n) is 13.6. The number of hydrogen-bond donors (Lipinski definition) is 1. The van der Waals surface area contributed by atoms with E-state index in [-0.39, 0.29) is 5.82 Å². The highest BCUT2D eigenvalue weighted by molar-refractivity contribution is 5.88. The molecule has 2 heterocycles. The van der Waals surface area contributed by atoms with Crippen molar-refractivity contribution in [3.8, 4) is 17.3 Å². The summed E-state index contributed by atoms with van der Waals surface area (Å²) in [4.78, 5) is 4.25. The summed E-state index contributed by atoms with van der Waals surface area (Å²) in [6.07, 6.45) is 3.65. The molecular formula is C20H16FN3O. The fourth-order valence-electron chi connectivity index (χ4n) is 2.79. The molecule has 5 heteroatoms. The van der Waals surface area contributed by atoms with E-state index < -0.39 is 0 Å². The van der Waals surface area contributed by atoms with E-state index in [2.05, 4.69) is 10.3 Å². The molecular weight excluding hydrogens is 317 g/mol. The van der Waals surface area contributed by atoms with Crippen molar-refractivity contribution < 1.29 is 9.13 Å². The van der Waals surface area contributed by atoms with E-state index in [0.29, 0.717) is 5.88 Å². The van der Waals surface area contributed by atoms with Crippen LogP contribution in [-0.4, -0.2) is 16.6 Å². The summed E-state index contributed by atoms with van der Waals surface area (Å²) in [7, 11) is 1.85. The Labute approximate surface area is 144 Å². The minimum absolute atomic E-state index is 0.250. The number of hydrogen-bond acceptors (Lipinski definition) is 3. The third-order valence-electron chi connectivity index (χ3n) is 4.04. The van der Waals surface area contributed by atoms with Gasteiger partial charge in [0.15, 0.2) is 0 Å². The lowest BCUT2D eigenvalue weighted by Crippen LogP contribution is -1.93. The van der Waals surface area contributed by atoms with Crippen LogP contribution in [0.3, 0.4) is 0 Å². The minimum atomic E-state index is -0.250. The summed E-state index contributed by atoms with van der Waals surface area (Å²) in [6.45, 7) is 0. The Bertz CT molecular complexity index is 1020. The van der Waals surface area contributed by atoms with Crippen LogP contribution in [0.25, 0.3) is 16.6 Å². The lowest BCUT2D eigenvalue weighted by Gasteiger charge is -2.09. The van der Waals surface area contributed by atoms with Gasteiger partial charge in [-0.2, -0.15) is 0 Å². The molecule has 0 saturated heterocycles. The fraction of sp³-hybridized carbons (Fsp3) is 0.0500. The number of halogens is 1. The van der Waals surface area contributed by atoms with E-state index in [4.69, 9.17) is 4.74 Å². The number of rotatable bonds is 4. The predicted octanol–water partition coefficient (Wildman–Crippen LogP) is 5.00. The SMILES string of the molecule is CNc1ccnc(Oc2cccc3c2ccn3-c2ccc(F)cc2)c1. The van der Waals surface area contributed by atoms with Gasteiger partial charge in [-0.3, -0.25) is 0 Å². The molecule has 0 unspecified atom stereocenters. The van der Waals surface area contributed by atoms with Crippen LogP contribution in [0, 0.1) is 5.82 Å². The maximum absolute atomic E-state index is 13.2. The van der Waals surface area contributed by atoms with Gasteiger partial charge in [0.05, 0.1) is 5.52 Å². The molecule has 2 aromatic carbocycles. The molecule has 0 aliphatic heterocycles. The van der Waals surface area contributed by atoms with Crippen LogP contribution in [0.5, 0.6) is 11.6 Å². The van der Waals surface area contributed by atoms with E-state index in [1.54, 1.807) is 18.3 Å². The molecule has 0 atom stereocenters. The molecule has 0 bridgehead atoms. The summed E-state index contributed by atoms with van der Waals surface area (Å²) in [5, 5.41) is 4.03. The lowest BCUT2D eigenvalue weighted by atomic mass is 10.2. The van der Waals surface area contributed by atoms with E-state index in [1.807, 2.05) is 54.2 Å². The Balaban J connectivity index is 1.75. The van der Waals surface area contributed by atoms with Crippen LogP contribution in [0.4, 0.5) is 10.1 Å². The van der Waals surface area contributed by atoms with E-state index in [1.165, 1.54) is 12.1 Å². The zero-order chi connectivity index (χ0) is 17.2. The van der Waals surface area contributed by atoms with E-state index in [0.717, 1.165) is 28.0 Å². The Morgan fingerprint density at radius 2 is 1.88 bits per heavy atom. The molecule has 4 nitrogen and oxygen atoms in total. The number of nitrogens with one attached hydrogen (secondary N) is 1.